The minimum absolute atomic E-state index is 0.00585. The molecule has 2 heterocycles. The van der Waals surface area contributed by atoms with Crippen molar-refractivity contribution < 1.29 is 38.4 Å². The lowest BCUT2D eigenvalue weighted by Crippen LogP contribution is -2.58. The van der Waals surface area contributed by atoms with Crippen LogP contribution in [0.1, 0.15) is 57.8 Å². The van der Waals surface area contributed by atoms with E-state index in [1.807, 2.05) is 64.3 Å². The van der Waals surface area contributed by atoms with Crippen molar-refractivity contribution in [1.82, 2.24) is 20.5 Å². The number of nitrogens with two attached hydrogens (primary N) is 1. The molecule has 0 aliphatic carbocycles. The van der Waals surface area contributed by atoms with E-state index in [9.17, 15) is 19.5 Å². The zero-order valence-electron chi connectivity index (χ0n) is 28.9. The summed E-state index contributed by atoms with van der Waals surface area (Å²) in [7, 11) is 0. The number of likely N-dealkylation sites (tertiary alicyclic amines) is 1. The summed E-state index contributed by atoms with van der Waals surface area (Å²) < 4.78 is 21.6. The van der Waals surface area contributed by atoms with Crippen molar-refractivity contribution in [3.63, 3.8) is 0 Å². The number of nitrogens with one attached hydrogen (secondary N) is 2. The quantitative estimate of drug-likeness (QED) is 0.151. The van der Waals surface area contributed by atoms with Crippen LogP contribution in [0, 0.1) is 12.3 Å². The number of aliphatic hydroxyl groups is 1. The average molecular weight is 692 g/mol. The molecule has 1 aromatic carbocycles. The van der Waals surface area contributed by atoms with E-state index in [1.54, 1.807) is 11.3 Å². The molecule has 0 bridgehead atoms. The maximum atomic E-state index is 13.9. The van der Waals surface area contributed by atoms with Crippen molar-refractivity contribution in [2.24, 2.45) is 11.1 Å². The van der Waals surface area contributed by atoms with Crippen LogP contribution in [0.3, 0.4) is 0 Å². The highest BCUT2D eigenvalue weighted by atomic mass is 32.1. The fraction of sp³-hybridized carbons (Fsp3) is 0.647. The Kier molecular flexibility index (Phi) is 16.3. The second kappa shape index (κ2) is 19.9. The third-order valence-corrected chi connectivity index (χ3v) is 8.78. The number of rotatable bonds is 20. The van der Waals surface area contributed by atoms with Crippen LogP contribution < -0.4 is 16.4 Å². The maximum Gasteiger partial charge on any atom is 0.246 e. The van der Waals surface area contributed by atoms with Crippen LogP contribution in [0.4, 0.5) is 0 Å². The van der Waals surface area contributed by atoms with E-state index in [4.69, 9.17) is 24.7 Å². The van der Waals surface area contributed by atoms with E-state index in [0.29, 0.717) is 52.8 Å². The fourth-order valence-corrected chi connectivity index (χ4v) is 5.96. The van der Waals surface area contributed by atoms with Gasteiger partial charge in [-0.15, -0.1) is 11.3 Å². The van der Waals surface area contributed by atoms with E-state index >= 15 is 0 Å². The highest BCUT2D eigenvalue weighted by Gasteiger charge is 2.44. The van der Waals surface area contributed by atoms with Gasteiger partial charge in [-0.25, -0.2) is 4.98 Å². The van der Waals surface area contributed by atoms with Gasteiger partial charge >= 0.3 is 0 Å². The Bertz CT molecular complexity index is 1290. The van der Waals surface area contributed by atoms with Crippen molar-refractivity contribution >= 4 is 29.1 Å². The van der Waals surface area contributed by atoms with Crippen LogP contribution in [-0.4, -0.2) is 117 Å². The molecule has 14 heteroatoms. The fourth-order valence-electron chi connectivity index (χ4n) is 5.16. The molecule has 3 amide bonds. The topological polar surface area (TPSA) is 175 Å². The largest absolute Gasteiger partial charge is 0.391 e. The van der Waals surface area contributed by atoms with Gasteiger partial charge < -0.3 is 45.3 Å². The molecule has 0 spiro atoms. The number of aliphatic hydroxyl groups excluding tert-OH is 1. The molecule has 3 rings (SSSR count). The Labute approximate surface area is 287 Å². The van der Waals surface area contributed by atoms with Crippen molar-refractivity contribution in [1.29, 1.82) is 0 Å². The zero-order valence-corrected chi connectivity index (χ0v) is 29.7. The summed E-state index contributed by atoms with van der Waals surface area (Å²) in [5, 5.41) is 19.3. The number of β-amino-alcohol motifs (C(OH)–C–C–N with tert-alkyl or cyclic N) is 1. The Morgan fingerprint density at radius 3 is 2.10 bits per heavy atom. The van der Waals surface area contributed by atoms with Crippen LogP contribution in [-0.2, 0) is 33.3 Å². The molecule has 268 valence electrons. The lowest BCUT2D eigenvalue weighted by atomic mass is 9.85. The minimum atomic E-state index is -0.908. The molecule has 1 fully saturated rings. The number of aromatic nitrogens is 1. The van der Waals surface area contributed by atoms with E-state index in [-0.39, 0.29) is 43.8 Å². The number of carbonyl (C=O) groups is 3. The standard InChI is InChI=1S/C34H53N5O8S/c1-23-22-48-32(36-23)26-8-6-25(7-9-26)24(2)37-31(42)28-20-27(40)21-39(28)33(43)30(34(3,4)5)38-29(41)10-12-44-14-16-46-18-19-47-17-15-45-13-11-35/h6-9,22,24,27-28,30,40H,10-21,35H2,1-5H3,(H,37,42)(H,38,41)/t24-,27+,28-,30+/m0/s1. The number of aryl methyl sites for hydroxylation is 1. The first kappa shape index (κ1) is 39.5. The van der Waals surface area contributed by atoms with Crippen LogP contribution in [0.15, 0.2) is 29.6 Å². The maximum absolute atomic E-state index is 13.9. The first-order chi connectivity index (χ1) is 22.9. The SMILES string of the molecule is Cc1csc(-c2ccc([C@H](C)NC(=O)[C@@H]3C[C@@H](O)CN3C(=O)[C@@H](NC(=O)CCOCCOCCOCCOCCN)C(C)(C)C)cc2)n1. The second-order valence-corrected chi connectivity index (χ2v) is 13.8. The monoisotopic (exact) mass is 691 g/mol. The summed E-state index contributed by atoms with van der Waals surface area (Å²) in [4.78, 5) is 46.1. The van der Waals surface area contributed by atoms with Crippen molar-refractivity contribution in [3.8, 4) is 10.6 Å². The smallest absolute Gasteiger partial charge is 0.246 e. The lowest BCUT2D eigenvalue weighted by Gasteiger charge is -2.35. The van der Waals surface area contributed by atoms with Gasteiger partial charge in [0.15, 0.2) is 0 Å². The molecule has 1 aliphatic heterocycles. The van der Waals surface area contributed by atoms with Gasteiger partial charge in [0.2, 0.25) is 17.7 Å². The summed E-state index contributed by atoms with van der Waals surface area (Å²) in [6.07, 6.45) is -0.686. The van der Waals surface area contributed by atoms with E-state index in [2.05, 4.69) is 15.6 Å². The predicted molar refractivity (Wildman–Crippen MR) is 183 cm³/mol. The van der Waals surface area contributed by atoms with Gasteiger partial charge in [-0.05, 0) is 24.8 Å². The molecule has 48 heavy (non-hydrogen) atoms. The summed E-state index contributed by atoms with van der Waals surface area (Å²) in [6.45, 7) is 13.0. The number of ether oxygens (including phenoxy) is 4. The zero-order chi connectivity index (χ0) is 35.1. The molecule has 1 saturated heterocycles. The van der Waals surface area contributed by atoms with Crippen LogP contribution >= 0.6 is 11.3 Å². The number of amides is 3. The third kappa shape index (κ3) is 12.8. The molecule has 2 aromatic rings. The Hall–Kier alpha value is -2.98. The number of carbonyl (C=O) groups excluding carboxylic acids is 3. The normalized spacial score (nSPS) is 17.7. The van der Waals surface area contributed by atoms with Crippen LogP contribution in [0.5, 0.6) is 0 Å². The summed E-state index contributed by atoms with van der Waals surface area (Å²) in [6, 6.07) is 5.74. The molecule has 13 nitrogen and oxygen atoms in total. The number of thiazole rings is 1. The van der Waals surface area contributed by atoms with Gasteiger partial charge in [-0.3, -0.25) is 14.4 Å². The highest BCUT2D eigenvalue weighted by molar-refractivity contribution is 7.13. The van der Waals surface area contributed by atoms with Crippen molar-refractivity contribution in [2.75, 3.05) is 65.9 Å². The summed E-state index contributed by atoms with van der Waals surface area (Å²) in [5.41, 5.74) is 7.57. The molecule has 0 unspecified atom stereocenters. The summed E-state index contributed by atoms with van der Waals surface area (Å²) >= 11 is 1.58. The van der Waals surface area contributed by atoms with Gasteiger partial charge in [0.05, 0.1) is 65.0 Å². The minimum Gasteiger partial charge on any atom is -0.391 e. The van der Waals surface area contributed by atoms with Gasteiger partial charge in [0, 0.05) is 42.6 Å². The molecule has 1 aromatic heterocycles. The van der Waals surface area contributed by atoms with Gasteiger partial charge in [0.25, 0.3) is 0 Å². The third-order valence-electron chi connectivity index (χ3n) is 7.77. The number of benzene rings is 1. The first-order valence-corrected chi connectivity index (χ1v) is 17.4. The van der Waals surface area contributed by atoms with Crippen LogP contribution in [0.2, 0.25) is 0 Å². The van der Waals surface area contributed by atoms with Gasteiger partial charge in [-0.2, -0.15) is 0 Å². The highest BCUT2D eigenvalue weighted by Crippen LogP contribution is 2.28. The Balaban J connectivity index is 1.45. The Morgan fingerprint density at radius 1 is 0.979 bits per heavy atom. The molecular weight excluding hydrogens is 638 g/mol. The van der Waals surface area contributed by atoms with E-state index < -0.39 is 29.5 Å². The predicted octanol–water partition coefficient (Wildman–Crippen LogP) is 2.20. The molecule has 4 atom stereocenters. The molecular formula is C34H53N5O8S. The molecule has 1 aliphatic rings. The number of hydrogen-bond donors (Lipinski definition) is 4. The molecule has 5 N–H and O–H groups in total. The summed E-state index contributed by atoms with van der Waals surface area (Å²) in [5.74, 6) is -1.12. The van der Waals surface area contributed by atoms with Gasteiger partial charge in [-0.1, -0.05) is 45.0 Å². The molecule has 0 radical (unpaired) electrons. The van der Waals surface area contributed by atoms with Crippen LogP contribution in [0.25, 0.3) is 10.6 Å². The lowest BCUT2D eigenvalue weighted by molar-refractivity contribution is -0.144. The van der Waals surface area contributed by atoms with Gasteiger partial charge in [0.1, 0.15) is 17.1 Å². The number of hydrogen-bond acceptors (Lipinski definition) is 11. The van der Waals surface area contributed by atoms with E-state index in [0.717, 1.165) is 21.8 Å². The molecule has 0 saturated carbocycles. The van der Waals surface area contributed by atoms with E-state index in [1.165, 1.54) is 4.90 Å². The average Bonchev–Trinajstić information content (AvgIpc) is 3.66. The second-order valence-electron chi connectivity index (χ2n) is 12.9. The number of nitrogens with zero attached hydrogens (tertiary/aromatic N) is 2. The van der Waals surface area contributed by atoms with Crippen molar-refractivity contribution in [2.45, 2.75) is 71.7 Å². The first-order valence-electron chi connectivity index (χ1n) is 16.5. The Morgan fingerprint density at radius 2 is 1.56 bits per heavy atom. The van der Waals surface area contributed by atoms with Crippen molar-refractivity contribution in [3.05, 3.63) is 40.9 Å².